The highest BCUT2D eigenvalue weighted by atomic mass is 35.5. The molecule has 1 aromatic carbocycles. The molecule has 1 rings (SSSR count). The minimum Gasteiger partial charge on any atom is -0.480 e. The molecule has 0 aliphatic heterocycles. The van der Waals surface area contributed by atoms with E-state index in [-0.39, 0.29) is 0 Å². The molecule has 0 aliphatic carbocycles. The Hall–Kier alpha value is -0.710. The molecule has 5 heteroatoms. The van der Waals surface area contributed by atoms with Crippen LogP contribution >= 0.6 is 23.4 Å². The number of hydrogen-bond acceptors (Lipinski definition) is 3. The number of benzene rings is 1. The predicted octanol–water partition coefficient (Wildman–Crippen LogP) is 4.45. The zero-order chi connectivity index (χ0) is 15.7. The van der Waals surface area contributed by atoms with Gasteiger partial charge in [-0.05, 0) is 56.7 Å². The van der Waals surface area contributed by atoms with Crippen molar-refractivity contribution in [1.82, 2.24) is 5.32 Å². The Morgan fingerprint density at radius 1 is 1.43 bits per heavy atom. The van der Waals surface area contributed by atoms with E-state index in [0.29, 0.717) is 6.42 Å². The highest BCUT2D eigenvalue weighted by Gasteiger charge is 2.31. The number of carboxylic acid groups (broad SMARTS) is 1. The number of hydrogen-bond donors (Lipinski definition) is 2. The molecule has 0 bridgehead atoms. The van der Waals surface area contributed by atoms with Gasteiger partial charge in [-0.25, -0.2) is 0 Å². The summed E-state index contributed by atoms with van der Waals surface area (Å²) in [5.74, 6) is 0.211. The molecule has 0 radical (unpaired) electrons. The topological polar surface area (TPSA) is 49.3 Å². The quantitative estimate of drug-likeness (QED) is 0.492. The third-order valence-electron chi connectivity index (χ3n) is 3.37. The molecule has 21 heavy (non-hydrogen) atoms. The summed E-state index contributed by atoms with van der Waals surface area (Å²) in [6, 6.07) is 7.81. The maximum Gasteiger partial charge on any atom is 0.323 e. The van der Waals surface area contributed by atoms with Crippen LogP contribution in [0.15, 0.2) is 29.2 Å². The zero-order valence-corrected chi connectivity index (χ0v) is 14.3. The number of unbranched alkanes of at least 4 members (excludes halogenated alkanes) is 1. The van der Waals surface area contributed by atoms with Crippen LogP contribution < -0.4 is 5.32 Å². The van der Waals surface area contributed by atoms with Crippen molar-refractivity contribution in [1.29, 1.82) is 0 Å². The second kappa shape index (κ2) is 9.34. The van der Waals surface area contributed by atoms with Crippen molar-refractivity contribution in [3.05, 3.63) is 29.3 Å². The van der Waals surface area contributed by atoms with E-state index in [1.165, 1.54) is 0 Å². The van der Waals surface area contributed by atoms with Gasteiger partial charge in [-0.1, -0.05) is 31.0 Å². The van der Waals surface area contributed by atoms with Gasteiger partial charge < -0.3 is 10.4 Å². The number of carbonyl (C=O) groups is 1. The fourth-order valence-electron chi connectivity index (χ4n) is 2.00. The van der Waals surface area contributed by atoms with E-state index in [2.05, 4.69) is 5.32 Å². The number of aliphatic carboxylic acids is 1. The van der Waals surface area contributed by atoms with Crippen LogP contribution in [0.1, 0.15) is 39.5 Å². The second-order valence-electron chi connectivity index (χ2n) is 5.33. The number of halogens is 1. The first-order valence-corrected chi connectivity index (χ1v) is 8.71. The number of rotatable bonds is 10. The van der Waals surface area contributed by atoms with E-state index in [9.17, 15) is 9.90 Å². The van der Waals surface area contributed by atoms with Crippen LogP contribution in [0.4, 0.5) is 0 Å². The molecule has 1 aromatic rings. The van der Waals surface area contributed by atoms with Crippen molar-refractivity contribution in [3.63, 3.8) is 0 Å². The van der Waals surface area contributed by atoms with E-state index < -0.39 is 11.5 Å². The third-order valence-corrected chi connectivity index (χ3v) is 4.69. The summed E-state index contributed by atoms with van der Waals surface area (Å²) in [5.41, 5.74) is -0.809. The van der Waals surface area contributed by atoms with Gasteiger partial charge in [-0.2, -0.15) is 0 Å². The third kappa shape index (κ3) is 6.72. The number of nitrogens with one attached hydrogen (secondary N) is 1. The van der Waals surface area contributed by atoms with Gasteiger partial charge in [0, 0.05) is 9.92 Å². The Labute approximate surface area is 136 Å². The van der Waals surface area contributed by atoms with Crippen molar-refractivity contribution < 1.29 is 9.90 Å². The number of thioether (sulfide) groups is 1. The number of carboxylic acids is 1. The Morgan fingerprint density at radius 3 is 2.81 bits per heavy atom. The van der Waals surface area contributed by atoms with Gasteiger partial charge in [0.05, 0.1) is 0 Å². The van der Waals surface area contributed by atoms with E-state index in [1.54, 1.807) is 18.7 Å². The standard InChI is InChI=1S/C16H24ClNO2S/c1-3-10-18-16(2,15(19)20)9-4-5-11-21-14-8-6-7-13(17)12-14/h6-8,12,18H,3-5,9-11H2,1-2H3,(H,19,20). The van der Waals surface area contributed by atoms with Gasteiger partial charge >= 0.3 is 5.97 Å². The molecule has 1 unspecified atom stereocenters. The average molecular weight is 330 g/mol. The summed E-state index contributed by atoms with van der Waals surface area (Å²) in [6.45, 7) is 4.55. The molecule has 0 aliphatic rings. The molecule has 1 atom stereocenters. The summed E-state index contributed by atoms with van der Waals surface area (Å²) in [6.07, 6.45) is 3.48. The largest absolute Gasteiger partial charge is 0.480 e. The lowest BCUT2D eigenvalue weighted by Gasteiger charge is -2.26. The van der Waals surface area contributed by atoms with Crippen molar-refractivity contribution >= 4 is 29.3 Å². The first-order valence-electron chi connectivity index (χ1n) is 7.35. The average Bonchev–Trinajstić information content (AvgIpc) is 2.44. The van der Waals surface area contributed by atoms with Gasteiger partial charge in [-0.15, -0.1) is 11.8 Å². The SMILES string of the molecule is CCCNC(C)(CCCCSc1cccc(Cl)c1)C(=O)O. The lowest BCUT2D eigenvalue weighted by molar-refractivity contribution is -0.144. The van der Waals surface area contributed by atoms with Crippen LogP contribution in [0.3, 0.4) is 0 Å². The Kier molecular flexibility index (Phi) is 8.15. The summed E-state index contributed by atoms with van der Waals surface area (Å²) < 4.78 is 0. The first kappa shape index (κ1) is 18.3. The van der Waals surface area contributed by atoms with Crippen molar-refractivity contribution in [2.45, 2.75) is 50.0 Å². The molecule has 0 saturated heterocycles. The zero-order valence-electron chi connectivity index (χ0n) is 12.7. The van der Waals surface area contributed by atoms with Gasteiger partial charge in [0.25, 0.3) is 0 Å². The smallest absolute Gasteiger partial charge is 0.323 e. The van der Waals surface area contributed by atoms with Gasteiger partial charge in [0.15, 0.2) is 0 Å². The molecule has 3 nitrogen and oxygen atoms in total. The van der Waals surface area contributed by atoms with Crippen LogP contribution in [0.2, 0.25) is 5.02 Å². The van der Waals surface area contributed by atoms with Crippen molar-refractivity contribution in [3.8, 4) is 0 Å². The highest BCUT2D eigenvalue weighted by molar-refractivity contribution is 7.99. The van der Waals surface area contributed by atoms with Crippen molar-refractivity contribution in [2.75, 3.05) is 12.3 Å². The maximum atomic E-state index is 11.4. The predicted molar refractivity (Wildman–Crippen MR) is 90.4 cm³/mol. The summed E-state index contributed by atoms with van der Waals surface area (Å²) in [5, 5.41) is 13.2. The Bertz CT molecular complexity index is 456. The Balaban J connectivity index is 2.30. The Morgan fingerprint density at radius 2 is 2.19 bits per heavy atom. The van der Waals surface area contributed by atoms with Crippen LogP contribution in [0.25, 0.3) is 0 Å². The van der Waals surface area contributed by atoms with Crippen molar-refractivity contribution in [2.24, 2.45) is 0 Å². The van der Waals surface area contributed by atoms with Crippen LogP contribution in [0.5, 0.6) is 0 Å². The molecular formula is C16H24ClNO2S. The molecule has 0 spiro atoms. The van der Waals surface area contributed by atoms with E-state index in [1.807, 2.05) is 31.2 Å². The second-order valence-corrected chi connectivity index (χ2v) is 6.93. The monoisotopic (exact) mass is 329 g/mol. The van der Waals surface area contributed by atoms with E-state index >= 15 is 0 Å². The maximum absolute atomic E-state index is 11.4. The fourth-order valence-corrected chi connectivity index (χ4v) is 3.22. The molecule has 0 aromatic heterocycles. The fraction of sp³-hybridized carbons (Fsp3) is 0.562. The lowest BCUT2D eigenvalue weighted by Crippen LogP contribution is -2.49. The molecular weight excluding hydrogens is 306 g/mol. The van der Waals surface area contributed by atoms with Crippen LogP contribution in [-0.4, -0.2) is 28.9 Å². The summed E-state index contributed by atoms with van der Waals surface area (Å²) in [4.78, 5) is 12.5. The summed E-state index contributed by atoms with van der Waals surface area (Å²) in [7, 11) is 0. The van der Waals surface area contributed by atoms with Crippen LogP contribution in [-0.2, 0) is 4.79 Å². The molecule has 0 amide bonds. The molecule has 2 N–H and O–H groups in total. The van der Waals surface area contributed by atoms with Gasteiger partial charge in [-0.3, -0.25) is 4.79 Å². The van der Waals surface area contributed by atoms with Crippen LogP contribution in [0, 0.1) is 0 Å². The molecule has 0 heterocycles. The first-order chi connectivity index (χ1) is 9.98. The molecule has 0 saturated carbocycles. The lowest BCUT2D eigenvalue weighted by atomic mass is 9.95. The summed E-state index contributed by atoms with van der Waals surface area (Å²) >= 11 is 7.70. The van der Waals surface area contributed by atoms with Gasteiger partial charge in [0.2, 0.25) is 0 Å². The highest BCUT2D eigenvalue weighted by Crippen LogP contribution is 2.23. The minimum absolute atomic E-state index is 0.651. The minimum atomic E-state index is -0.809. The normalized spacial score (nSPS) is 13.9. The molecule has 0 fully saturated rings. The van der Waals surface area contributed by atoms with E-state index in [0.717, 1.165) is 41.5 Å². The van der Waals surface area contributed by atoms with E-state index in [4.69, 9.17) is 11.6 Å². The van der Waals surface area contributed by atoms with Gasteiger partial charge in [0.1, 0.15) is 5.54 Å². The molecule has 118 valence electrons.